The number of carboxylic acids is 2. The van der Waals surface area contributed by atoms with Crippen molar-refractivity contribution < 1.29 is 39.5 Å². The summed E-state index contributed by atoms with van der Waals surface area (Å²) >= 11 is 0. The van der Waals surface area contributed by atoms with Gasteiger partial charge in [0.05, 0.1) is 37.6 Å². The fourth-order valence-electron chi connectivity index (χ4n) is 5.93. The highest BCUT2D eigenvalue weighted by atomic mass is 16.6. The number of epoxide rings is 2. The van der Waals surface area contributed by atoms with Crippen LogP contribution in [0.25, 0.3) is 0 Å². The average molecular weight is 659 g/mol. The van der Waals surface area contributed by atoms with Crippen molar-refractivity contribution in [2.24, 2.45) is 0 Å². The van der Waals surface area contributed by atoms with Gasteiger partial charge in [-0.2, -0.15) is 0 Å². The molecule has 0 spiro atoms. The summed E-state index contributed by atoms with van der Waals surface area (Å²) in [5.41, 5.74) is 0. The van der Waals surface area contributed by atoms with Crippen LogP contribution in [0.4, 0.5) is 0 Å². The number of ether oxygens (including phenoxy) is 2. The van der Waals surface area contributed by atoms with E-state index >= 15 is 0 Å². The van der Waals surface area contributed by atoms with Crippen LogP contribution in [-0.2, 0) is 19.1 Å². The quantitative estimate of drug-likeness (QED) is 0.0426. The van der Waals surface area contributed by atoms with E-state index in [1.807, 2.05) is 0 Å². The van der Waals surface area contributed by atoms with Crippen LogP contribution in [0.2, 0.25) is 0 Å². The molecule has 4 unspecified atom stereocenters. The van der Waals surface area contributed by atoms with E-state index < -0.39 is 11.9 Å². The molecular weight excluding hydrogens is 584 g/mol. The highest BCUT2D eigenvalue weighted by Gasteiger charge is 2.37. The summed E-state index contributed by atoms with van der Waals surface area (Å²) < 4.78 is 11.5. The lowest BCUT2D eigenvalue weighted by molar-refractivity contribution is -0.138. The van der Waals surface area contributed by atoms with Gasteiger partial charge in [0, 0.05) is 12.8 Å². The topological polar surface area (TPSA) is 140 Å². The van der Waals surface area contributed by atoms with Crippen molar-refractivity contribution in [1.82, 2.24) is 0 Å². The van der Waals surface area contributed by atoms with Crippen LogP contribution in [0.3, 0.4) is 0 Å². The molecule has 0 saturated carbocycles. The van der Waals surface area contributed by atoms with E-state index in [2.05, 4.69) is 13.8 Å². The fraction of sp³-hybridized carbons (Fsp3) is 0.947. The Morgan fingerprint density at radius 1 is 0.413 bits per heavy atom. The lowest BCUT2D eigenvalue weighted by Crippen LogP contribution is -1.95. The average Bonchev–Trinajstić information content (AvgIpc) is 3.97. The Hall–Kier alpha value is -1.22. The Balaban J connectivity index is 0.000000788. The van der Waals surface area contributed by atoms with Crippen LogP contribution in [-0.4, -0.2) is 70.0 Å². The first kappa shape index (κ1) is 44.8. The van der Waals surface area contributed by atoms with Gasteiger partial charge in [0.25, 0.3) is 0 Å². The van der Waals surface area contributed by atoms with E-state index in [4.69, 9.17) is 29.9 Å². The van der Waals surface area contributed by atoms with E-state index in [-0.39, 0.29) is 13.2 Å². The van der Waals surface area contributed by atoms with Gasteiger partial charge in [0.1, 0.15) is 0 Å². The summed E-state index contributed by atoms with van der Waals surface area (Å²) in [6.45, 7) is 4.27. The third-order valence-corrected chi connectivity index (χ3v) is 8.92. The zero-order valence-electron chi connectivity index (χ0n) is 29.9. The smallest absolute Gasteiger partial charge is 0.303 e. The Morgan fingerprint density at radius 3 is 0.891 bits per heavy atom. The normalized spacial score (nSPS) is 19.5. The molecular formula is C38H74O8. The summed E-state index contributed by atoms with van der Waals surface area (Å²) in [6.07, 6.45) is 35.2. The second-order valence-electron chi connectivity index (χ2n) is 13.4. The molecule has 0 aromatic carbocycles. The maximum Gasteiger partial charge on any atom is 0.303 e. The molecule has 46 heavy (non-hydrogen) atoms. The first-order valence-electron chi connectivity index (χ1n) is 19.4. The van der Waals surface area contributed by atoms with E-state index in [9.17, 15) is 9.59 Å². The van der Waals surface area contributed by atoms with E-state index in [0.29, 0.717) is 37.3 Å². The van der Waals surface area contributed by atoms with Gasteiger partial charge in [-0.25, -0.2) is 0 Å². The minimum Gasteiger partial charge on any atom is -0.481 e. The first-order valence-corrected chi connectivity index (χ1v) is 19.4. The van der Waals surface area contributed by atoms with Crippen molar-refractivity contribution in [1.29, 1.82) is 0 Å². The van der Waals surface area contributed by atoms with Gasteiger partial charge in [-0.15, -0.1) is 0 Å². The molecule has 4 atom stereocenters. The molecule has 8 nitrogen and oxygen atoms in total. The van der Waals surface area contributed by atoms with Crippen LogP contribution in [0.5, 0.6) is 0 Å². The molecule has 0 amide bonds. The summed E-state index contributed by atoms with van der Waals surface area (Å²) in [6, 6.07) is 0. The number of hydrogen-bond donors (Lipinski definition) is 4. The zero-order chi connectivity index (χ0) is 34.1. The number of carboxylic acid groups (broad SMARTS) is 2. The molecule has 2 aliphatic rings. The maximum absolute atomic E-state index is 10.4. The number of aliphatic hydroxyl groups excluding tert-OH is 2. The third kappa shape index (κ3) is 32.7. The van der Waals surface area contributed by atoms with E-state index in [1.54, 1.807) is 0 Å². The molecule has 2 saturated heterocycles. The predicted octanol–water partition coefficient (Wildman–Crippen LogP) is 9.61. The number of unbranched alkanes of at least 4 members (excludes halogenated alkanes) is 18. The highest BCUT2D eigenvalue weighted by Crippen LogP contribution is 2.33. The van der Waals surface area contributed by atoms with Gasteiger partial charge in [0.2, 0.25) is 0 Å². The van der Waals surface area contributed by atoms with Gasteiger partial charge >= 0.3 is 11.9 Å². The Morgan fingerprint density at radius 2 is 0.652 bits per heavy atom. The molecule has 274 valence electrons. The number of aliphatic carboxylic acids is 2. The number of hydrogen-bond acceptors (Lipinski definition) is 6. The van der Waals surface area contributed by atoms with Gasteiger partial charge in [-0.05, 0) is 38.5 Å². The minimum absolute atomic E-state index is 0.125. The zero-order valence-corrected chi connectivity index (χ0v) is 29.9. The Kier molecular flexibility index (Phi) is 32.8. The van der Waals surface area contributed by atoms with Crippen molar-refractivity contribution >= 4 is 11.9 Å². The van der Waals surface area contributed by atoms with Crippen LogP contribution in [0.15, 0.2) is 0 Å². The predicted molar refractivity (Wildman–Crippen MR) is 187 cm³/mol. The summed E-state index contributed by atoms with van der Waals surface area (Å²) in [5.74, 6) is -1.34. The molecule has 2 aliphatic heterocycles. The van der Waals surface area contributed by atoms with Crippen LogP contribution < -0.4 is 0 Å². The SMILES string of the molecule is CCCCCCCCC1OC1CCCCCCCC(=O)O.CCCCCCCCC1OC1CCCCCCCC(=O)O.OCCO. The second-order valence-corrected chi connectivity index (χ2v) is 13.4. The molecule has 0 bridgehead atoms. The minimum atomic E-state index is -0.668. The van der Waals surface area contributed by atoms with Gasteiger partial charge in [0.15, 0.2) is 0 Å². The molecule has 2 heterocycles. The lowest BCUT2D eigenvalue weighted by Gasteiger charge is -2.00. The number of aliphatic hydroxyl groups is 2. The monoisotopic (exact) mass is 659 g/mol. The maximum atomic E-state index is 10.4. The molecule has 2 fully saturated rings. The van der Waals surface area contributed by atoms with Crippen LogP contribution in [0, 0.1) is 0 Å². The van der Waals surface area contributed by atoms with Gasteiger partial charge in [-0.1, -0.05) is 142 Å². The number of rotatable bonds is 31. The molecule has 0 aliphatic carbocycles. The van der Waals surface area contributed by atoms with Gasteiger partial charge in [-0.3, -0.25) is 9.59 Å². The molecule has 4 N–H and O–H groups in total. The van der Waals surface area contributed by atoms with E-state index in [0.717, 1.165) is 25.7 Å². The molecule has 8 heteroatoms. The van der Waals surface area contributed by atoms with Gasteiger partial charge < -0.3 is 29.9 Å². The summed E-state index contributed by atoms with van der Waals surface area (Å²) in [5, 5.41) is 32.3. The molecule has 0 aromatic heterocycles. The molecule has 0 aromatic rings. The van der Waals surface area contributed by atoms with Crippen LogP contribution >= 0.6 is 0 Å². The van der Waals surface area contributed by atoms with Crippen molar-refractivity contribution in [2.45, 2.75) is 218 Å². The van der Waals surface area contributed by atoms with E-state index in [1.165, 1.54) is 141 Å². The highest BCUT2D eigenvalue weighted by molar-refractivity contribution is 5.66. The Labute approximate surface area is 282 Å². The largest absolute Gasteiger partial charge is 0.481 e. The fourth-order valence-corrected chi connectivity index (χ4v) is 5.93. The third-order valence-electron chi connectivity index (χ3n) is 8.92. The van der Waals surface area contributed by atoms with Crippen molar-refractivity contribution in [3.8, 4) is 0 Å². The molecule has 0 radical (unpaired) electrons. The van der Waals surface area contributed by atoms with Crippen molar-refractivity contribution in [3.63, 3.8) is 0 Å². The number of carbonyl (C=O) groups is 2. The first-order chi connectivity index (χ1) is 22.4. The Bertz CT molecular complexity index is 617. The van der Waals surface area contributed by atoms with Crippen molar-refractivity contribution in [2.75, 3.05) is 13.2 Å². The second kappa shape index (κ2) is 33.7. The standard InChI is InChI=1S/2C18H34O3.C2H6O2/c2*1-2-3-4-5-7-10-13-16-17(21-16)14-11-8-6-9-12-15-18(19)20;3-1-2-4/h2*16-17H,2-15H2,1H3,(H,19,20);3-4H,1-2H2. The summed E-state index contributed by atoms with van der Waals surface area (Å²) in [4.78, 5) is 20.7. The summed E-state index contributed by atoms with van der Waals surface area (Å²) in [7, 11) is 0. The molecule has 2 rings (SSSR count). The lowest BCUT2D eigenvalue weighted by atomic mass is 10.0. The van der Waals surface area contributed by atoms with Crippen molar-refractivity contribution in [3.05, 3.63) is 0 Å². The van der Waals surface area contributed by atoms with Crippen LogP contribution in [0.1, 0.15) is 194 Å².